The molecule has 0 saturated heterocycles. The average molecular weight is 251 g/mol. The maximum absolute atomic E-state index is 10.7. The molecule has 0 radical (unpaired) electrons. The zero-order chi connectivity index (χ0) is 10.6. The Balaban J connectivity index is 2.65. The molecular formula is C7H7ClN2O2S2. The van der Waals surface area contributed by atoms with Crippen LogP contribution < -0.4 is 0 Å². The van der Waals surface area contributed by atoms with Crippen LogP contribution in [0.5, 0.6) is 0 Å². The zero-order valence-corrected chi connectivity index (χ0v) is 9.60. The predicted molar refractivity (Wildman–Crippen MR) is 58.4 cm³/mol. The Labute approximate surface area is 90.8 Å². The molecule has 0 fully saturated rings. The highest BCUT2D eigenvalue weighted by molar-refractivity contribution is 8.71. The van der Waals surface area contributed by atoms with Gasteiger partial charge in [0.05, 0.1) is 11.9 Å². The van der Waals surface area contributed by atoms with E-state index >= 15 is 0 Å². The summed E-state index contributed by atoms with van der Waals surface area (Å²) in [6.07, 6.45) is 1.07. The first-order chi connectivity index (χ1) is 6.47. The minimum atomic E-state index is -3.17. The third-order valence-electron chi connectivity index (χ3n) is 1.15. The van der Waals surface area contributed by atoms with E-state index in [2.05, 4.69) is 9.63 Å². The number of nitrogens with zero attached hydrogens (tertiary/aromatic N) is 2. The van der Waals surface area contributed by atoms with E-state index in [1.807, 2.05) is 0 Å². The monoisotopic (exact) mass is 250 g/mol. The Kier molecular flexibility index (Phi) is 3.91. The Hall–Kier alpha value is -0.590. The molecule has 76 valence electrons. The molecule has 0 aliphatic rings. The lowest BCUT2D eigenvalue weighted by Crippen LogP contribution is -1.83. The van der Waals surface area contributed by atoms with E-state index in [0.29, 0.717) is 21.7 Å². The van der Waals surface area contributed by atoms with Gasteiger partial charge in [-0.25, -0.2) is 8.42 Å². The summed E-state index contributed by atoms with van der Waals surface area (Å²) in [5.41, 5.74) is 0.561. The van der Waals surface area contributed by atoms with Crippen LogP contribution in [0.25, 0.3) is 0 Å². The second-order valence-electron chi connectivity index (χ2n) is 2.44. The van der Waals surface area contributed by atoms with E-state index in [1.54, 1.807) is 24.3 Å². The van der Waals surface area contributed by atoms with E-state index in [-0.39, 0.29) is 0 Å². The molecule has 0 N–H and O–H groups in total. The van der Waals surface area contributed by atoms with Crippen LogP contribution in [0.3, 0.4) is 0 Å². The summed E-state index contributed by atoms with van der Waals surface area (Å²) in [7, 11) is -2.74. The van der Waals surface area contributed by atoms with Crippen molar-refractivity contribution in [2.75, 3.05) is 6.26 Å². The van der Waals surface area contributed by atoms with Gasteiger partial charge in [-0.1, -0.05) is 16.1 Å². The Bertz CT molecular complexity index is 428. The first kappa shape index (κ1) is 11.5. The molecule has 0 unspecified atom stereocenters. The van der Waals surface area contributed by atoms with Crippen LogP contribution in [-0.2, 0) is 8.87 Å². The van der Waals surface area contributed by atoms with Crippen molar-refractivity contribution in [3.05, 3.63) is 29.3 Å². The third-order valence-corrected chi connectivity index (χ3v) is 2.84. The van der Waals surface area contributed by atoms with Gasteiger partial charge in [0, 0.05) is 5.02 Å². The lowest BCUT2D eigenvalue weighted by Gasteiger charge is -1.91. The molecule has 0 heterocycles. The molecule has 1 rings (SSSR count). The van der Waals surface area contributed by atoms with Crippen LogP contribution in [0.1, 0.15) is 0 Å². The third kappa shape index (κ3) is 4.59. The van der Waals surface area contributed by atoms with Crippen LogP contribution in [0, 0.1) is 0 Å². The van der Waals surface area contributed by atoms with Gasteiger partial charge < -0.3 is 0 Å². The summed E-state index contributed by atoms with van der Waals surface area (Å²) < 4.78 is 24.8. The summed E-state index contributed by atoms with van der Waals surface area (Å²) in [6, 6.07) is 6.60. The van der Waals surface area contributed by atoms with Crippen LogP contribution >= 0.6 is 22.6 Å². The molecule has 4 nitrogen and oxygen atoms in total. The molecule has 1 aromatic carbocycles. The van der Waals surface area contributed by atoms with Gasteiger partial charge in [-0.3, -0.25) is 0 Å². The molecular weight excluding hydrogens is 244 g/mol. The second-order valence-corrected chi connectivity index (χ2v) is 6.86. The van der Waals surface area contributed by atoms with E-state index in [0.717, 1.165) is 6.26 Å². The van der Waals surface area contributed by atoms with Crippen LogP contribution in [0.4, 0.5) is 5.69 Å². The van der Waals surface area contributed by atoms with Crippen LogP contribution in [0.2, 0.25) is 5.02 Å². The summed E-state index contributed by atoms with van der Waals surface area (Å²) in [5.74, 6) is 0. The highest BCUT2D eigenvalue weighted by Crippen LogP contribution is 2.20. The number of rotatable bonds is 3. The number of hydrogen-bond acceptors (Lipinski definition) is 5. The van der Waals surface area contributed by atoms with Gasteiger partial charge in [0.1, 0.15) is 11.0 Å². The van der Waals surface area contributed by atoms with Crippen molar-refractivity contribution in [1.29, 1.82) is 0 Å². The highest BCUT2D eigenvalue weighted by atomic mass is 35.5. The molecule has 0 atom stereocenters. The molecule has 7 heteroatoms. The molecule has 0 saturated carbocycles. The lowest BCUT2D eigenvalue weighted by atomic mass is 10.3. The van der Waals surface area contributed by atoms with E-state index in [9.17, 15) is 8.42 Å². The average Bonchev–Trinajstić information content (AvgIpc) is 2.06. The largest absolute Gasteiger partial charge is 0.221 e. The van der Waals surface area contributed by atoms with Gasteiger partial charge in [-0.15, -0.1) is 5.11 Å². The quantitative estimate of drug-likeness (QED) is 0.471. The first-order valence-corrected chi connectivity index (χ1v) is 7.08. The second kappa shape index (κ2) is 4.77. The Morgan fingerprint density at radius 1 is 1.29 bits per heavy atom. The van der Waals surface area contributed by atoms with Gasteiger partial charge in [-0.05, 0) is 24.3 Å². The van der Waals surface area contributed by atoms with Crippen molar-refractivity contribution >= 4 is 37.1 Å². The fraction of sp³-hybridized carbons (Fsp3) is 0.143. The van der Waals surface area contributed by atoms with Crippen LogP contribution in [0.15, 0.2) is 33.9 Å². The van der Waals surface area contributed by atoms with Crippen molar-refractivity contribution in [1.82, 2.24) is 0 Å². The molecule has 14 heavy (non-hydrogen) atoms. The first-order valence-electron chi connectivity index (χ1n) is 3.52. The summed E-state index contributed by atoms with van der Waals surface area (Å²) in [4.78, 5) is 0. The maximum Gasteiger partial charge on any atom is 0.221 e. The molecule has 0 amide bonds. The highest BCUT2D eigenvalue weighted by Gasteiger charge is 2.00. The number of hydrogen-bond donors (Lipinski definition) is 0. The molecule has 0 aromatic heterocycles. The molecule has 0 bridgehead atoms. The van der Waals surface area contributed by atoms with Crippen molar-refractivity contribution < 1.29 is 8.42 Å². The molecule has 1 aromatic rings. The fourth-order valence-electron chi connectivity index (χ4n) is 0.632. The fourth-order valence-corrected chi connectivity index (χ4v) is 1.47. The molecule has 0 spiro atoms. The summed E-state index contributed by atoms with van der Waals surface area (Å²) in [6.45, 7) is 0. The molecule has 0 aliphatic carbocycles. The maximum atomic E-state index is 10.7. The van der Waals surface area contributed by atoms with Gasteiger partial charge in [0.15, 0.2) is 0 Å². The summed E-state index contributed by atoms with van der Waals surface area (Å²) >= 11 is 5.64. The smallest absolute Gasteiger partial charge is 0.216 e. The lowest BCUT2D eigenvalue weighted by molar-refractivity contribution is 0.615. The Morgan fingerprint density at radius 2 is 1.86 bits per heavy atom. The Morgan fingerprint density at radius 3 is 2.36 bits per heavy atom. The van der Waals surface area contributed by atoms with Crippen LogP contribution in [-0.4, -0.2) is 14.7 Å². The van der Waals surface area contributed by atoms with Crippen molar-refractivity contribution in [3.8, 4) is 0 Å². The minimum absolute atomic E-state index is 0.430. The van der Waals surface area contributed by atoms with E-state index < -0.39 is 8.87 Å². The number of halogens is 1. The van der Waals surface area contributed by atoms with Crippen molar-refractivity contribution in [2.45, 2.75) is 0 Å². The minimum Gasteiger partial charge on any atom is -0.216 e. The summed E-state index contributed by atoms with van der Waals surface area (Å²) in [5, 5.41) is 4.28. The van der Waals surface area contributed by atoms with Gasteiger partial charge in [-0.2, -0.15) is 0 Å². The van der Waals surface area contributed by atoms with E-state index in [1.165, 1.54) is 0 Å². The van der Waals surface area contributed by atoms with Gasteiger partial charge >= 0.3 is 0 Å². The van der Waals surface area contributed by atoms with Crippen molar-refractivity contribution in [3.63, 3.8) is 0 Å². The normalized spacial score (nSPS) is 12.1. The SMILES string of the molecule is CS(=O)(=O)SN=Nc1ccc(Cl)cc1. The molecule has 0 aliphatic heterocycles. The zero-order valence-electron chi connectivity index (χ0n) is 7.21. The topological polar surface area (TPSA) is 58.9 Å². The van der Waals surface area contributed by atoms with Gasteiger partial charge in [0.25, 0.3) is 0 Å². The number of benzene rings is 1. The van der Waals surface area contributed by atoms with E-state index in [4.69, 9.17) is 11.6 Å². The standard InChI is InChI=1S/C7H7ClN2O2S2/c1-14(11,12)13-10-9-7-4-2-6(8)3-5-7/h2-5H,1H3. The predicted octanol–water partition coefficient (Wildman–Crippen LogP) is 3.03. The van der Waals surface area contributed by atoms with Crippen molar-refractivity contribution in [2.24, 2.45) is 9.63 Å². The van der Waals surface area contributed by atoms with Gasteiger partial charge in [0.2, 0.25) is 8.87 Å².